The normalized spacial score (nSPS) is 28.2. The Morgan fingerprint density at radius 3 is 2.56 bits per heavy atom. The third-order valence-corrected chi connectivity index (χ3v) is 7.66. The minimum Gasteiger partial charge on any atom is -0.361 e. The molecule has 6 rings (SSSR count). The Hall–Kier alpha value is -3.45. The van der Waals surface area contributed by atoms with Crippen LogP contribution in [0.5, 0.6) is 0 Å². The predicted molar refractivity (Wildman–Crippen MR) is 129 cm³/mol. The summed E-state index contributed by atoms with van der Waals surface area (Å²) < 4.78 is 0. The number of anilines is 1. The fraction of sp³-hybridized carbons (Fsp3) is 0.370. The van der Waals surface area contributed by atoms with E-state index in [1.807, 2.05) is 76.4 Å². The Morgan fingerprint density at radius 1 is 1.03 bits per heavy atom. The molecule has 3 N–H and O–H groups in total. The highest BCUT2D eigenvalue weighted by molar-refractivity contribution is 6.15. The van der Waals surface area contributed by atoms with Crippen LogP contribution in [0.3, 0.4) is 0 Å². The molecule has 3 amide bonds. The summed E-state index contributed by atoms with van der Waals surface area (Å²) in [6.45, 7) is 7.57. The van der Waals surface area contributed by atoms with E-state index < -0.39 is 22.9 Å². The number of nitrogens with zero attached hydrogens (tertiary/aromatic N) is 1. The monoisotopic (exact) mass is 456 g/mol. The lowest BCUT2D eigenvalue weighted by molar-refractivity contribution is -0.147. The van der Waals surface area contributed by atoms with Crippen molar-refractivity contribution in [3.63, 3.8) is 0 Å². The molecule has 1 spiro atoms. The van der Waals surface area contributed by atoms with Gasteiger partial charge >= 0.3 is 0 Å². The van der Waals surface area contributed by atoms with Crippen LogP contribution in [0.1, 0.15) is 37.5 Å². The number of aryl methyl sites for hydroxylation is 1. The number of aromatic nitrogens is 1. The Balaban J connectivity index is 1.51. The Kier molecular flexibility index (Phi) is 4.22. The molecule has 2 unspecified atom stereocenters. The van der Waals surface area contributed by atoms with Crippen molar-refractivity contribution >= 4 is 34.3 Å². The Labute approximate surface area is 197 Å². The molecule has 3 aliphatic heterocycles. The third kappa shape index (κ3) is 2.64. The van der Waals surface area contributed by atoms with E-state index in [-0.39, 0.29) is 23.8 Å². The molecule has 0 saturated carbocycles. The van der Waals surface area contributed by atoms with E-state index in [9.17, 15) is 14.4 Å². The zero-order valence-electron chi connectivity index (χ0n) is 19.7. The molecular formula is C27H28N4O3. The third-order valence-electron chi connectivity index (χ3n) is 7.66. The van der Waals surface area contributed by atoms with Gasteiger partial charge in [-0.1, -0.05) is 35.9 Å². The number of nitrogens with one attached hydrogen (secondary N) is 3. The number of rotatable bonds is 2. The van der Waals surface area contributed by atoms with E-state index in [0.717, 1.165) is 27.6 Å². The summed E-state index contributed by atoms with van der Waals surface area (Å²) in [5.74, 6) is -2.16. The Morgan fingerprint density at radius 2 is 1.79 bits per heavy atom. The first kappa shape index (κ1) is 21.1. The number of likely N-dealkylation sites (tertiary alicyclic amines) is 1. The van der Waals surface area contributed by atoms with Gasteiger partial charge in [0.25, 0.3) is 0 Å². The van der Waals surface area contributed by atoms with E-state index in [1.165, 1.54) is 4.90 Å². The van der Waals surface area contributed by atoms with Gasteiger partial charge in [-0.25, -0.2) is 0 Å². The summed E-state index contributed by atoms with van der Waals surface area (Å²) in [4.78, 5) is 46.0. The largest absolute Gasteiger partial charge is 0.361 e. The van der Waals surface area contributed by atoms with Crippen LogP contribution in [0.2, 0.25) is 0 Å². The van der Waals surface area contributed by atoms with Crippen LogP contribution >= 0.6 is 0 Å². The van der Waals surface area contributed by atoms with Crippen LogP contribution in [0.4, 0.5) is 5.69 Å². The number of carbonyl (C=O) groups is 3. The quantitative estimate of drug-likeness (QED) is 0.516. The van der Waals surface area contributed by atoms with Gasteiger partial charge in [0.1, 0.15) is 5.54 Å². The van der Waals surface area contributed by atoms with Crippen LogP contribution in [-0.2, 0) is 26.3 Å². The van der Waals surface area contributed by atoms with Gasteiger partial charge in [-0.15, -0.1) is 0 Å². The smallest absolute Gasteiger partial charge is 0.250 e. The van der Waals surface area contributed by atoms with Gasteiger partial charge in [0.2, 0.25) is 17.7 Å². The number of imide groups is 1. The van der Waals surface area contributed by atoms with Gasteiger partial charge in [-0.05, 0) is 51.8 Å². The summed E-state index contributed by atoms with van der Waals surface area (Å²) in [7, 11) is 0. The molecule has 3 aromatic rings. The Bertz CT molecular complexity index is 1380. The molecule has 7 nitrogen and oxygen atoms in total. The lowest BCUT2D eigenvalue weighted by Crippen LogP contribution is -2.56. The van der Waals surface area contributed by atoms with Crippen molar-refractivity contribution in [3.8, 4) is 0 Å². The first-order chi connectivity index (χ1) is 16.1. The predicted octanol–water partition coefficient (Wildman–Crippen LogP) is 3.24. The number of aromatic amines is 1. The second-order valence-corrected chi connectivity index (χ2v) is 10.8. The summed E-state index contributed by atoms with van der Waals surface area (Å²) >= 11 is 0. The van der Waals surface area contributed by atoms with Gasteiger partial charge in [-0.3, -0.25) is 24.6 Å². The molecule has 4 heterocycles. The van der Waals surface area contributed by atoms with Crippen molar-refractivity contribution in [2.24, 2.45) is 11.8 Å². The van der Waals surface area contributed by atoms with Crippen LogP contribution < -0.4 is 10.6 Å². The number of fused-ring (bicyclic) bond motifs is 5. The number of carbonyl (C=O) groups excluding carboxylic acids is 3. The molecule has 34 heavy (non-hydrogen) atoms. The molecule has 0 radical (unpaired) electrons. The van der Waals surface area contributed by atoms with Crippen molar-refractivity contribution in [3.05, 3.63) is 65.4 Å². The van der Waals surface area contributed by atoms with Crippen molar-refractivity contribution < 1.29 is 14.4 Å². The number of amides is 3. The summed E-state index contributed by atoms with van der Waals surface area (Å²) in [5, 5.41) is 7.60. The lowest BCUT2D eigenvalue weighted by atomic mass is 9.76. The molecule has 174 valence electrons. The van der Waals surface area contributed by atoms with Gasteiger partial charge in [0, 0.05) is 39.9 Å². The van der Waals surface area contributed by atoms with Crippen LogP contribution in [0.25, 0.3) is 10.9 Å². The molecular weight excluding hydrogens is 428 g/mol. The SMILES string of the molecule is Cc1ccc2c(c1)C1(NC(Cc3c[nH]c4ccccc34)[C@H]3C(=O)N(C(C)(C)C)C(=O)[C@H]31)C(=O)N2. The average molecular weight is 457 g/mol. The maximum atomic E-state index is 13.9. The van der Waals surface area contributed by atoms with E-state index >= 15 is 0 Å². The molecule has 7 heteroatoms. The average Bonchev–Trinajstić information content (AvgIpc) is 3.47. The minimum absolute atomic E-state index is 0.203. The number of benzene rings is 2. The maximum Gasteiger partial charge on any atom is 0.250 e. The van der Waals surface area contributed by atoms with Gasteiger partial charge in [-0.2, -0.15) is 0 Å². The second kappa shape index (κ2) is 6.79. The van der Waals surface area contributed by atoms with Crippen LogP contribution in [0, 0.1) is 18.8 Å². The zero-order chi connectivity index (χ0) is 24.0. The number of H-pyrrole nitrogens is 1. The van der Waals surface area contributed by atoms with Crippen molar-refractivity contribution in [1.82, 2.24) is 15.2 Å². The highest BCUT2D eigenvalue weighted by Crippen LogP contribution is 2.54. The first-order valence-corrected chi connectivity index (χ1v) is 11.8. The molecule has 4 atom stereocenters. The van der Waals surface area contributed by atoms with E-state index in [1.54, 1.807) is 0 Å². The van der Waals surface area contributed by atoms with E-state index in [4.69, 9.17) is 0 Å². The van der Waals surface area contributed by atoms with Gasteiger partial charge in [0.15, 0.2) is 0 Å². The summed E-state index contributed by atoms with van der Waals surface area (Å²) in [6, 6.07) is 13.4. The van der Waals surface area contributed by atoms with E-state index in [2.05, 4.69) is 15.6 Å². The van der Waals surface area contributed by atoms with Crippen LogP contribution in [0.15, 0.2) is 48.7 Å². The first-order valence-electron chi connectivity index (χ1n) is 11.8. The maximum absolute atomic E-state index is 13.9. The standard InChI is InChI=1S/C27H28N4O3/c1-14-9-10-19-17(11-14)27(25(34)29-19)22-21(23(32)31(24(22)33)26(2,3)4)20(30-27)12-15-13-28-18-8-6-5-7-16(15)18/h5-11,13,20-22,28,30H,12H2,1-4H3,(H,29,34)/t20?,21-,22+,27?/m1/s1. The number of hydrogen-bond acceptors (Lipinski definition) is 4. The zero-order valence-corrected chi connectivity index (χ0v) is 19.7. The fourth-order valence-corrected chi connectivity index (χ4v) is 6.29. The lowest BCUT2D eigenvalue weighted by Gasteiger charge is -2.34. The molecule has 2 fully saturated rings. The van der Waals surface area contributed by atoms with Crippen molar-refractivity contribution in [2.45, 2.75) is 51.2 Å². The van der Waals surface area contributed by atoms with Gasteiger partial charge < -0.3 is 10.3 Å². The fourth-order valence-electron chi connectivity index (χ4n) is 6.29. The molecule has 2 aromatic carbocycles. The molecule has 1 aromatic heterocycles. The van der Waals surface area contributed by atoms with Crippen LogP contribution in [-0.4, -0.2) is 39.2 Å². The number of hydrogen-bond donors (Lipinski definition) is 3. The van der Waals surface area contributed by atoms with Crippen molar-refractivity contribution in [1.29, 1.82) is 0 Å². The minimum atomic E-state index is -1.27. The second-order valence-electron chi connectivity index (χ2n) is 10.8. The molecule has 3 aliphatic rings. The van der Waals surface area contributed by atoms with Gasteiger partial charge in [0.05, 0.1) is 11.8 Å². The topological polar surface area (TPSA) is 94.3 Å². The highest BCUT2D eigenvalue weighted by atomic mass is 16.2. The van der Waals surface area contributed by atoms with Crippen molar-refractivity contribution in [2.75, 3.05) is 5.32 Å². The summed E-state index contributed by atoms with van der Waals surface area (Å²) in [6.07, 6.45) is 2.49. The molecule has 0 bridgehead atoms. The summed E-state index contributed by atoms with van der Waals surface area (Å²) in [5.41, 5.74) is 2.59. The van der Waals surface area contributed by atoms with E-state index in [0.29, 0.717) is 12.1 Å². The molecule has 2 saturated heterocycles. The highest BCUT2D eigenvalue weighted by Gasteiger charge is 2.71. The number of para-hydroxylation sites is 1. The molecule has 0 aliphatic carbocycles.